The van der Waals surface area contributed by atoms with Crippen LogP contribution in [-0.2, 0) is 0 Å². The van der Waals surface area contributed by atoms with E-state index >= 15 is 0 Å². The van der Waals surface area contributed by atoms with Crippen LogP contribution in [-0.4, -0.2) is 25.3 Å². The first-order valence-corrected chi connectivity index (χ1v) is 7.24. The topological polar surface area (TPSA) is 86.8 Å². The zero-order valence-electron chi connectivity index (χ0n) is 11.2. The Morgan fingerprint density at radius 3 is 2.86 bits per heavy atom. The molecule has 0 aliphatic heterocycles. The minimum Gasteiger partial charge on any atom is -0.285 e. The fourth-order valence-corrected chi connectivity index (χ4v) is 2.65. The average molecular weight is 297 g/mol. The molecule has 6 nitrogen and oxygen atoms in total. The number of nitrogens with zero attached hydrogens (tertiary/aromatic N) is 4. The van der Waals surface area contributed by atoms with Crippen LogP contribution in [0.25, 0.3) is 16.8 Å². The van der Waals surface area contributed by atoms with Crippen LogP contribution in [0, 0.1) is 18.3 Å². The lowest BCUT2D eigenvalue weighted by Crippen LogP contribution is -2.19. The number of hydrogen-bond acceptors (Lipinski definition) is 5. The third-order valence-corrected chi connectivity index (χ3v) is 3.73. The third-order valence-electron chi connectivity index (χ3n) is 2.99. The summed E-state index contributed by atoms with van der Waals surface area (Å²) in [6.07, 6.45) is 0. The highest BCUT2D eigenvalue weighted by Gasteiger charge is 2.15. The molecule has 0 aliphatic carbocycles. The van der Waals surface area contributed by atoms with Gasteiger partial charge in [-0.1, -0.05) is 42.1 Å². The van der Waals surface area contributed by atoms with E-state index in [-0.39, 0.29) is 11.4 Å². The van der Waals surface area contributed by atoms with Gasteiger partial charge in [-0.25, -0.2) is 9.78 Å². The van der Waals surface area contributed by atoms with Gasteiger partial charge in [-0.05, 0) is 12.5 Å². The van der Waals surface area contributed by atoms with E-state index in [4.69, 9.17) is 5.26 Å². The zero-order valence-corrected chi connectivity index (χ0v) is 12.0. The Hall–Kier alpha value is -2.59. The summed E-state index contributed by atoms with van der Waals surface area (Å²) in [6, 6.07) is 11.7. The van der Waals surface area contributed by atoms with Crippen LogP contribution in [0.4, 0.5) is 0 Å². The van der Waals surface area contributed by atoms with E-state index in [9.17, 15) is 4.79 Å². The van der Waals surface area contributed by atoms with Gasteiger partial charge in [0.25, 0.3) is 0 Å². The number of benzene rings is 1. The fraction of sp³-hybridized carbons (Fsp3) is 0.143. The van der Waals surface area contributed by atoms with E-state index in [1.165, 1.54) is 16.3 Å². The van der Waals surface area contributed by atoms with Crippen LogP contribution in [0.15, 0.2) is 40.3 Å². The molecule has 0 spiro atoms. The number of aryl methyl sites for hydroxylation is 1. The van der Waals surface area contributed by atoms with Gasteiger partial charge in [0, 0.05) is 5.56 Å². The van der Waals surface area contributed by atoms with Crippen molar-refractivity contribution >= 4 is 17.4 Å². The van der Waals surface area contributed by atoms with Crippen molar-refractivity contribution in [2.45, 2.75) is 12.1 Å². The number of rotatable bonds is 3. The molecule has 21 heavy (non-hydrogen) atoms. The SMILES string of the molecule is Cc1nn2c(=O)[nH]c(SCC#N)nc2c1-c1ccccc1. The van der Waals surface area contributed by atoms with Gasteiger partial charge in [-0.15, -0.1) is 0 Å². The lowest BCUT2D eigenvalue weighted by atomic mass is 10.1. The minimum atomic E-state index is -0.356. The molecule has 2 heterocycles. The number of aromatic amines is 1. The standard InChI is InChI=1S/C14H11N5OS/c1-9-11(10-5-3-2-4-6-10)12-16-13(21-8-7-15)17-14(20)19(12)18-9/h2-6H,8H2,1H3,(H,16,17,20). The Morgan fingerprint density at radius 2 is 2.14 bits per heavy atom. The third kappa shape index (κ3) is 2.41. The van der Waals surface area contributed by atoms with Crippen LogP contribution in [0.2, 0.25) is 0 Å². The zero-order chi connectivity index (χ0) is 14.8. The fourth-order valence-electron chi connectivity index (χ4n) is 2.14. The average Bonchev–Trinajstić information content (AvgIpc) is 2.83. The Morgan fingerprint density at radius 1 is 1.38 bits per heavy atom. The number of hydrogen-bond donors (Lipinski definition) is 1. The van der Waals surface area contributed by atoms with Crippen LogP contribution >= 0.6 is 11.8 Å². The predicted molar refractivity (Wildman–Crippen MR) is 80.1 cm³/mol. The number of H-pyrrole nitrogens is 1. The largest absolute Gasteiger partial charge is 0.350 e. The quantitative estimate of drug-likeness (QED) is 0.747. The molecule has 0 saturated heterocycles. The Bertz CT molecular complexity index is 891. The highest BCUT2D eigenvalue weighted by molar-refractivity contribution is 7.99. The molecule has 0 atom stereocenters. The van der Waals surface area contributed by atoms with E-state index in [0.717, 1.165) is 16.8 Å². The van der Waals surface area contributed by atoms with E-state index in [2.05, 4.69) is 15.1 Å². The first-order chi connectivity index (χ1) is 10.2. The van der Waals surface area contributed by atoms with Crippen LogP contribution in [0.1, 0.15) is 5.69 Å². The van der Waals surface area contributed by atoms with E-state index in [1.54, 1.807) is 0 Å². The van der Waals surface area contributed by atoms with Crippen LogP contribution < -0.4 is 5.69 Å². The number of nitrogens with one attached hydrogen (secondary N) is 1. The molecule has 0 amide bonds. The van der Waals surface area contributed by atoms with Gasteiger partial charge in [-0.2, -0.15) is 14.9 Å². The van der Waals surface area contributed by atoms with Gasteiger partial charge < -0.3 is 0 Å². The molecule has 7 heteroatoms. The molecule has 0 saturated carbocycles. The monoisotopic (exact) mass is 297 g/mol. The van der Waals surface area contributed by atoms with Gasteiger partial charge in [0.1, 0.15) is 0 Å². The summed E-state index contributed by atoms with van der Waals surface area (Å²) in [7, 11) is 0. The van der Waals surface area contributed by atoms with E-state index in [1.807, 2.05) is 43.3 Å². The number of thioether (sulfide) groups is 1. The molecular formula is C14H11N5OS. The molecule has 3 rings (SSSR count). The molecule has 0 aliphatic rings. The molecule has 1 aromatic carbocycles. The van der Waals surface area contributed by atoms with Gasteiger partial charge in [0.2, 0.25) is 0 Å². The lowest BCUT2D eigenvalue weighted by Gasteiger charge is -2.01. The van der Waals surface area contributed by atoms with Crippen molar-refractivity contribution in [3.05, 3.63) is 46.5 Å². The highest BCUT2D eigenvalue weighted by atomic mass is 32.2. The van der Waals surface area contributed by atoms with Gasteiger partial charge >= 0.3 is 5.69 Å². The Labute approximate surface area is 124 Å². The first kappa shape index (κ1) is 13.4. The lowest BCUT2D eigenvalue weighted by molar-refractivity contribution is 0.780. The molecule has 1 N–H and O–H groups in total. The van der Waals surface area contributed by atoms with Crippen molar-refractivity contribution in [1.82, 2.24) is 19.6 Å². The maximum Gasteiger partial charge on any atom is 0.350 e. The van der Waals surface area contributed by atoms with Gasteiger partial charge in [-0.3, -0.25) is 4.98 Å². The second-order valence-electron chi connectivity index (χ2n) is 4.36. The highest BCUT2D eigenvalue weighted by Crippen LogP contribution is 2.26. The summed E-state index contributed by atoms with van der Waals surface area (Å²) >= 11 is 1.19. The number of fused-ring (bicyclic) bond motifs is 1. The summed E-state index contributed by atoms with van der Waals surface area (Å²) in [6.45, 7) is 1.85. The number of nitriles is 1. The maximum absolute atomic E-state index is 12.1. The summed E-state index contributed by atoms with van der Waals surface area (Å²) in [5.41, 5.74) is 2.68. The Balaban J connectivity index is 2.25. The summed E-state index contributed by atoms with van der Waals surface area (Å²) in [5.74, 6) is 0.229. The van der Waals surface area contributed by atoms with Crippen LogP contribution in [0.3, 0.4) is 0 Å². The molecular weight excluding hydrogens is 286 g/mol. The summed E-state index contributed by atoms with van der Waals surface area (Å²) in [4.78, 5) is 19.1. The molecule has 104 valence electrons. The second-order valence-corrected chi connectivity index (χ2v) is 5.32. The molecule has 2 aromatic heterocycles. The van der Waals surface area contributed by atoms with Crippen molar-refractivity contribution < 1.29 is 0 Å². The van der Waals surface area contributed by atoms with Crippen molar-refractivity contribution in [2.24, 2.45) is 0 Å². The van der Waals surface area contributed by atoms with Crippen molar-refractivity contribution in [1.29, 1.82) is 5.26 Å². The molecule has 0 radical (unpaired) electrons. The van der Waals surface area contributed by atoms with Crippen molar-refractivity contribution in [2.75, 3.05) is 5.75 Å². The second kappa shape index (κ2) is 5.42. The maximum atomic E-state index is 12.1. The van der Waals surface area contributed by atoms with Crippen molar-refractivity contribution in [3.8, 4) is 17.2 Å². The van der Waals surface area contributed by atoms with E-state index < -0.39 is 0 Å². The molecule has 3 aromatic rings. The minimum absolute atomic E-state index is 0.229. The molecule has 0 bridgehead atoms. The smallest absolute Gasteiger partial charge is 0.285 e. The summed E-state index contributed by atoms with van der Waals surface area (Å²) < 4.78 is 1.26. The van der Waals surface area contributed by atoms with Gasteiger partial charge in [0.05, 0.1) is 17.5 Å². The van der Waals surface area contributed by atoms with Gasteiger partial charge in [0.15, 0.2) is 10.8 Å². The first-order valence-electron chi connectivity index (χ1n) is 6.25. The normalized spacial score (nSPS) is 10.7. The van der Waals surface area contributed by atoms with Crippen molar-refractivity contribution in [3.63, 3.8) is 0 Å². The predicted octanol–water partition coefficient (Wildman–Crippen LogP) is 2.01. The molecule has 0 fully saturated rings. The van der Waals surface area contributed by atoms with E-state index in [0.29, 0.717) is 10.8 Å². The Kier molecular flexibility index (Phi) is 3.46. The number of aromatic nitrogens is 4. The molecule has 0 unspecified atom stereocenters. The summed E-state index contributed by atoms with van der Waals surface area (Å²) in [5, 5.41) is 13.3. The van der Waals surface area contributed by atoms with Crippen LogP contribution in [0.5, 0.6) is 0 Å².